The number of allylic oxidation sites excluding steroid dienone is 2. The highest BCUT2D eigenvalue weighted by Crippen LogP contribution is 2.30. The summed E-state index contributed by atoms with van der Waals surface area (Å²) in [5.41, 5.74) is 0.562. The number of fused-ring (bicyclic) bond motifs is 1. The molecule has 0 atom stereocenters. The maximum atomic E-state index is 12.9. The van der Waals surface area contributed by atoms with Gasteiger partial charge in [-0.2, -0.15) is 0 Å². The van der Waals surface area contributed by atoms with Crippen LogP contribution in [0.25, 0.3) is 0 Å². The molecule has 1 heterocycles. The lowest BCUT2D eigenvalue weighted by Crippen LogP contribution is -2.27. The number of aryl methyl sites for hydroxylation is 1. The topological polar surface area (TPSA) is 85.4 Å². The molecular formula is C21H19ClN2O4. The number of carbonyl (C=O) groups is 3. The van der Waals surface area contributed by atoms with Crippen LogP contribution >= 0.6 is 11.6 Å². The van der Waals surface area contributed by atoms with E-state index in [4.69, 9.17) is 16.3 Å². The zero-order chi connectivity index (χ0) is 20.6. The number of aromatic nitrogens is 1. The van der Waals surface area contributed by atoms with Crippen molar-refractivity contribution in [2.75, 3.05) is 5.32 Å². The number of para-hydroxylation sites is 1. The molecule has 7 heteroatoms. The van der Waals surface area contributed by atoms with E-state index in [0.29, 0.717) is 11.4 Å². The Morgan fingerprint density at radius 2 is 1.75 bits per heavy atom. The standard InChI is InChI=1S/C21H19ClN2O4/c1-11-9-10-13-16(23-11)19(26)15(22)17(18(13)25)24-14-8-6-5-7-12(14)20(27)28-21(2,3)4/h5-10,24H,1-4H3. The number of anilines is 1. The van der Waals surface area contributed by atoms with Crippen LogP contribution in [0.2, 0.25) is 0 Å². The van der Waals surface area contributed by atoms with Crippen molar-refractivity contribution < 1.29 is 19.1 Å². The van der Waals surface area contributed by atoms with Crippen LogP contribution in [-0.4, -0.2) is 28.1 Å². The molecule has 3 rings (SSSR count). The molecule has 0 unspecified atom stereocenters. The van der Waals surface area contributed by atoms with Crippen molar-refractivity contribution in [3.63, 3.8) is 0 Å². The van der Waals surface area contributed by atoms with Gasteiger partial charge in [-0.1, -0.05) is 23.7 Å². The highest BCUT2D eigenvalue weighted by molar-refractivity contribution is 6.50. The van der Waals surface area contributed by atoms with Gasteiger partial charge in [0, 0.05) is 5.69 Å². The Hall–Kier alpha value is -2.99. The lowest BCUT2D eigenvalue weighted by Gasteiger charge is -2.22. The lowest BCUT2D eigenvalue weighted by molar-refractivity contribution is 0.00705. The average Bonchev–Trinajstić information content (AvgIpc) is 2.62. The molecule has 1 aliphatic carbocycles. The van der Waals surface area contributed by atoms with Crippen molar-refractivity contribution in [1.82, 2.24) is 4.98 Å². The number of hydrogen-bond acceptors (Lipinski definition) is 6. The predicted molar refractivity (Wildman–Crippen MR) is 106 cm³/mol. The Morgan fingerprint density at radius 3 is 2.43 bits per heavy atom. The molecule has 0 amide bonds. The van der Waals surface area contributed by atoms with Crippen molar-refractivity contribution >= 4 is 34.8 Å². The second kappa shape index (κ2) is 7.20. The van der Waals surface area contributed by atoms with Gasteiger partial charge in [-0.3, -0.25) is 9.59 Å². The van der Waals surface area contributed by atoms with Gasteiger partial charge < -0.3 is 10.1 Å². The molecular weight excluding hydrogens is 380 g/mol. The number of carbonyl (C=O) groups excluding carboxylic acids is 3. The fourth-order valence-electron chi connectivity index (χ4n) is 2.71. The van der Waals surface area contributed by atoms with Gasteiger partial charge in [0.05, 0.1) is 16.8 Å². The van der Waals surface area contributed by atoms with Crippen LogP contribution in [0.5, 0.6) is 0 Å². The Kier molecular flexibility index (Phi) is 5.08. The van der Waals surface area contributed by atoms with Crippen molar-refractivity contribution in [3.8, 4) is 0 Å². The number of halogens is 1. The smallest absolute Gasteiger partial charge is 0.340 e. The number of hydrogen-bond donors (Lipinski definition) is 1. The largest absolute Gasteiger partial charge is 0.456 e. The van der Waals surface area contributed by atoms with Gasteiger partial charge in [-0.05, 0) is 52.0 Å². The van der Waals surface area contributed by atoms with Crippen LogP contribution < -0.4 is 5.32 Å². The fourth-order valence-corrected chi connectivity index (χ4v) is 2.94. The zero-order valence-corrected chi connectivity index (χ0v) is 16.7. The molecule has 0 fully saturated rings. The third kappa shape index (κ3) is 3.82. The molecule has 0 saturated heterocycles. The number of ketones is 2. The number of Topliss-reactive ketones (excluding diaryl/α,β-unsaturated/α-hetero) is 2. The summed E-state index contributed by atoms with van der Waals surface area (Å²) in [6.07, 6.45) is 0. The summed E-state index contributed by atoms with van der Waals surface area (Å²) in [5.74, 6) is -1.57. The van der Waals surface area contributed by atoms with Gasteiger partial charge in [-0.25, -0.2) is 9.78 Å². The van der Waals surface area contributed by atoms with Crippen LogP contribution in [0.4, 0.5) is 5.69 Å². The predicted octanol–water partition coefficient (Wildman–Crippen LogP) is 4.29. The summed E-state index contributed by atoms with van der Waals surface area (Å²) in [6, 6.07) is 9.74. The maximum absolute atomic E-state index is 12.9. The molecule has 0 bridgehead atoms. The maximum Gasteiger partial charge on any atom is 0.340 e. The van der Waals surface area contributed by atoms with Crippen LogP contribution in [0.3, 0.4) is 0 Å². The quantitative estimate of drug-likeness (QED) is 0.776. The Labute approximate surface area is 167 Å². The lowest BCUT2D eigenvalue weighted by atomic mass is 9.96. The molecule has 1 aliphatic rings. The number of ether oxygens (including phenoxy) is 1. The molecule has 0 spiro atoms. The van der Waals surface area contributed by atoms with E-state index in [2.05, 4.69) is 10.3 Å². The first kappa shape index (κ1) is 19.8. The second-order valence-corrected chi connectivity index (χ2v) is 7.75. The molecule has 144 valence electrons. The molecule has 0 radical (unpaired) electrons. The van der Waals surface area contributed by atoms with Crippen LogP contribution in [0, 0.1) is 6.92 Å². The molecule has 28 heavy (non-hydrogen) atoms. The van der Waals surface area contributed by atoms with E-state index >= 15 is 0 Å². The Bertz CT molecular complexity index is 1030. The average molecular weight is 399 g/mol. The number of nitrogens with zero attached hydrogens (tertiary/aromatic N) is 1. The first-order valence-electron chi connectivity index (χ1n) is 8.64. The summed E-state index contributed by atoms with van der Waals surface area (Å²) in [6.45, 7) is 7.00. The van der Waals surface area contributed by atoms with E-state index < -0.39 is 23.1 Å². The third-order valence-electron chi connectivity index (χ3n) is 3.95. The van der Waals surface area contributed by atoms with E-state index in [-0.39, 0.29) is 27.6 Å². The number of esters is 1. The highest BCUT2D eigenvalue weighted by atomic mass is 35.5. The first-order chi connectivity index (χ1) is 13.1. The Morgan fingerprint density at radius 1 is 1.07 bits per heavy atom. The second-order valence-electron chi connectivity index (χ2n) is 7.37. The highest BCUT2D eigenvalue weighted by Gasteiger charge is 2.33. The molecule has 6 nitrogen and oxygen atoms in total. The minimum absolute atomic E-state index is 0.0287. The van der Waals surface area contributed by atoms with Crippen LogP contribution in [0.1, 0.15) is 57.7 Å². The SMILES string of the molecule is Cc1ccc2c(n1)C(=O)C(Cl)=C(Nc1ccccc1C(=O)OC(C)(C)C)C2=O. The minimum Gasteiger partial charge on any atom is -0.456 e. The summed E-state index contributed by atoms with van der Waals surface area (Å²) >= 11 is 6.19. The molecule has 0 aliphatic heterocycles. The van der Waals surface area contributed by atoms with E-state index in [9.17, 15) is 14.4 Å². The number of rotatable bonds is 3. The van der Waals surface area contributed by atoms with Crippen LogP contribution in [0.15, 0.2) is 47.1 Å². The van der Waals surface area contributed by atoms with E-state index in [1.807, 2.05) is 0 Å². The zero-order valence-electron chi connectivity index (χ0n) is 15.9. The number of benzene rings is 1. The van der Waals surface area contributed by atoms with Gasteiger partial charge in [0.15, 0.2) is 0 Å². The van der Waals surface area contributed by atoms with Crippen LogP contribution in [-0.2, 0) is 4.74 Å². The normalized spacial score (nSPS) is 14.0. The van der Waals surface area contributed by atoms with Crippen molar-refractivity contribution in [1.29, 1.82) is 0 Å². The van der Waals surface area contributed by atoms with Gasteiger partial charge in [0.1, 0.15) is 22.0 Å². The van der Waals surface area contributed by atoms with Gasteiger partial charge >= 0.3 is 5.97 Å². The summed E-state index contributed by atoms with van der Waals surface area (Å²) < 4.78 is 5.41. The number of pyridine rings is 1. The van der Waals surface area contributed by atoms with E-state index in [0.717, 1.165) is 0 Å². The van der Waals surface area contributed by atoms with Crippen molar-refractivity contribution in [2.45, 2.75) is 33.3 Å². The molecule has 0 saturated carbocycles. The first-order valence-corrected chi connectivity index (χ1v) is 9.02. The number of nitrogens with one attached hydrogen (secondary N) is 1. The van der Waals surface area contributed by atoms with Crippen molar-refractivity contribution in [2.24, 2.45) is 0 Å². The Balaban J connectivity index is 2.00. The molecule has 1 aromatic carbocycles. The molecule has 2 aromatic rings. The van der Waals surface area contributed by atoms with Gasteiger partial charge in [-0.15, -0.1) is 0 Å². The summed E-state index contributed by atoms with van der Waals surface area (Å²) in [5, 5.41) is 2.58. The monoisotopic (exact) mass is 398 g/mol. The summed E-state index contributed by atoms with van der Waals surface area (Å²) in [4.78, 5) is 42.1. The summed E-state index contributed by atoms with van der Waals surface area (Å²) in [7, 11) is 0. The van der Waals surface area contributed by atoms with E-state index in [1.165, 1.54) is 0 Å². The molecule has 1 N–H and O–H groups in total. The minimum atomic E-state index is -0.680. The third-order valence-corrected chi connectivity index (χ3v) is 4.31. The van der Waals surface area contributed by atoms with Crippen molar-refractivity contribution in [3.05, 3.63) is 69.6 Å². The van der Waals surface area contributed by atoms with E-state index in [1.54, 1.807) is 64.1 Å². The van der Waals surface area contributed by atoms with Gasteiger partial charge in [0.25, 0.3) is 0 Å². The van der Waals surface area contributed by atoms with Gasteiger partial charge in [0.2, 0.25) is 11.6 Å². The fraction of sp³-hybridized carbons (Fsp3) is 0.238. The molecule has 1 aromatic heterocycles.